The molecule has 2 aliphatic rings. The maximum absolute atomic E-state index is 11.5. The molecule has 41 heavy (non-hydrogen) atoms. The van der Waals surface area contributed by atoms with Gasteiger partial charge in [-0.1, -0.05) is 86.7 Å². The molecule has 1 heterocycles. The first kappa shape index (κ1) is 37.5. The van der Waals surface area contributed by atoms with E-state index >= 15 is 0 Å². The number of hydrogen-bond donors (Lipinski definition) is 1. The van der Waals surface area contributed by atoms with Gasteiger partial charge < -0.3 is 10.1 Å². The Morgan fingerprint density at radius 2 is 1.73 bits per heavy atom. The van der Waals surface area contributed by atoms with Gasteiger partial charge in [-0.3, -0.25) is 14.4 Å². The van der Waals surface area contributed by atoms with Gasteiger partial charge in [0.05, 0.1) is 6.61 Å². The Morgan fingerprint density at radius 3 is 2.24 bits per heavy atom. The van der Waals surface area contributed by atoms with Gasteiger partial charge in [0.25, 0.3) is 6.47 Å². The standard InChI is InChI=1S/C21H18O2S.C9H17N.C3H6O2.C2H6/c1-15(23)17-3-2-4-18(6-5-17)19-7-9-20(10-8-19)21-11-16(12-22)13-24-14-21;1-4-5-6-7-8-9(2)10-3;1-2-5-3-4;1-2/h2,4-12,14H,3,13H2,1H3;4-7,9-10H,8H2,1-3H3;3H,2H2,1H3;1-2H3/b;5-4-,7-6-;;. The van der Waals surface area contributed by atoms with Crippen LogP contribution in [0.1, 0.15) is 65.5 Å². The number of ether oxygens (including phenoxy) is 1. The van der Waals surface area contributed by atoms with Gasteiger partial charge in [-0.2, -0.15) is 0 Å². The fourth-order valence-electron chi connectivity index (χ4n) is 3.32. The van der Waals surface area contributed by atoms with Crippen molar-refractivity contribution in [2.24, 2.45) is 0 Å². The number of carbonyl (C=O) groups excluding carboxylic acids is 3. The lowest BCUT2D eigenvalue weighted by molar-refractivity contribution is -0.128. The molecule has 0 saturated heterocycles. The zero-order valence-electron chi connectivity index (χ0n) is 25.7. The molecule has 1 aliphatic carbocycles. The molecule has 1 aromatic rings. The number of benzene rings is 1. The average Bonchev–Trinajstić information content (AvgIpc) is 3.28. The number of Topliss-reactive ketones (excluding diaryl/α,β-unsaturated/α-hetero) is 1. The largest absolute Gasteiger partial charge is 0.468 e. The second-order valence-corrected chi connectivity index (χ2v) is 9.56. The third-order valence-corrected chi connectivity index (χ3v) is 6.63. The highest BCUT2D eigenvalue weighted by Gasteiger charge is 2.09. The Labute approximate surface area is 251 Å². The summed E-state index contributed by atoms with van der Waals surface area (Å²) in [7, 11) is 1.98. The van der Waals surface area contributed by atoms with Crippen LogP contribution >= 0.6 is 11.8 Å². The summed E-state index contributed by atoms with van der Waals surface area (Å²) in [5.74, 6) is 0.861. The molecule has 0 aromatic heterocycles. The van der Waals surface area contributed by atoms with Crippen LogP contribution in [0.3, 0.4) is 0 Å². The number of nitrogens with one attached hydrogen (secondary N) is 1. The zero-order chi connectivity index (χ0) is 30.9. The van der Waals surface area contributed by atoms with Crippen molar-refractivity contribution >= 4 is 41.4 Å². The number of rotatable bonds is 10. The van der Waals surface area contributed by atoms with Gasteiger partial charge in [-0.05, 0) is 86.9 Å². The van der Waals surface area contributed by atoms with Crippen molar-refractivity contribution in [3.05, 3.63) is 107 Å². The van der Waals surface area contributed by atoms with E-state index in [0.29, 0.717) is 25.5 Å². The normalized spacial score (nSPS) is 14.7. The first-order chi connectivity index (χ1) is 19.9. The molecule has 0 radical (unpaired) electrons. The first-order valence-corrected chi connectivity index (χ1v) is 15.1. The lowest BCUT2D eigenvalue weighted by Crippen LogP contribution is -2.19. The maximum Gasteiger partial charge on any atom is 0.293 e. The second kappa shape index (κ2) is 24.3. The monoisotopic (exact) mass is 577 g/mol. The Kier molecular flexibility index (Phi) is 22.3. The van der Waals surface area contributed by atoms with Crippen LogP contribution < -0.4 is 5.32 Å². The molecular formula is C35H47NO4S. The minimum atomic E-state index is 0.118. The van der Waals surface area contributed by atoms with Gasteiger partial charge in [0.15, 0.2) is 5.78 Å². The van der Waals surface area contributed by atoms with Gasteiger partial charge in [0.1, 0.15) is 6.29 Å². The Balaban J connectivity index is 0.000000783. The Morgan fingerprint density at radius 1 is 1.07 bits per heavy atom. The van der Waals surface area contributed by atoms with Crippen molar-refractivity contribution < 1.29 is 19.1 Å². The first-order valence-electron chi connectivity index (χ1n) is 14.1. The number of ketones is 1. The summed E-state index contributed by atoms with van der Waals surface area (Å²) in [6.45, 7) is 12.5. The van der Waals surface area contributed by atoms with E-state index in [2.05, 4.69) is 64.9 Å². The van der Waals surface area contributed by atoms with Crippen LogP contribution in [-0.4, -0.2) is 44.0 Å². The summed E-state index contributed by atoms with van der Waals surface area (Å²) in [5.41, 5.74) is 6.02. The van der Waals surface area contributed by atoms with Gasteiger partial charge >= 0.3 is 0 Å². The summed E-state index contributed by atoms with van der Waals surface area (Å²) in [6.07, 6.45) is 21.0. The van der Waals surface area contributed by atoms with Gasteiger partial charge in [-0.25, -0.2) is 0 Å². The predicted molar refractivity (Wildman–Crippen MR) is 178 cm³/mol. The van der Waals surface area contributed by atoms with Crippen LogP contribution in [0.5, 0.6) is 0 Å². The molecule has 1 aromatic carbocycles. The fraction of sp³-hybridized carbons (Fsp3) is 0.343. The molecule has 3 rings (SSSR count). The lowest BCUT2D eigenvalue weighted by Gasteiger charge is -2.11. The molecule has 1 aliphatic heterocycles. The summed E-state index contributed by atoms with van der Waals surface area (Å²) >= 11 is 1.64. The highest BCUT2D eigenvalue weighted by molar-refractivity contribution is 8.02. The van der Waals surface area contributed by atoms with Crippen LogP contribution in [0.2, 0.25) is 0 Å². The predicted octanol–water partition coefficient (Wildman–Crippen LogP) is 8.08. The van der Waals surface area contributed by atoms with Crippen molar-refractivity contribution in [3.63, 3.8) is 0 Å². The molecule has 5 nitrogen and oxygen atoms in total. The van der Waals surface area contributed by atoms with E-state index in [4.69, 9.17) is 0 Å². The highest BCUT2D eigenvalue weighted by atomic mass is 32.2. The van der Waals surface area contributed by atoms with E-state index < -0.39 is 0 Å². The van der Waals surface area contributed by atoms with Crippen molar-refractivity contribution in [2.45, 2.75) is 60.4 Å². The summed E-state index contributed by atoms with van der Waals surface area (Å²) < 4.78 is 4.15. The van der Waals surface area contributed by atoms with Crippen LogP contribution in [0.25, 0.3) is 11.1 Å². The van der Waals surface area contributed by atoms with Crippen molar-refractivity contribution in [1.29, 1.82) is 0 Å². The van der Waals surface area contributed by atoms with E-state index in [-0.39, 0.29) is 5.78 Å². The molecule has 1 unspecified atom stereocenters. The Hall–Kier alpha value is -3.48. The molecule has 0 bridgehead atoms. The van der Waals surface area contributed by atoms with Crippen molar-refractivity contribution in [3.8, 4) is 0 Å². The van der Waals surface area contributed by atoms with E-state index in [9.17, 15) is 14.4 Å². The number of carbonyl (C=O) groups is 3. The molecular weight excluding hydrogens is 530 g/mol. The van der Waals surface area contributed by atoms with E-state index in [0.717, 1.165) is 51.9 Å². The highest BCUT2D eigenvalue weighted by Crippen LogP contribution is 2.29. The molecule has 0 spiro atoms. The maximum atomic E-state index is 11.5. The molecule has 6 heteroatoms. The number of hydrogen-bond acceptors (Lipinski definition) is 6. The third kappa shape index (κ3) is 16.4. The topological polar surface area (TPSA) is 72.5 Å². The van der Waals surface area contributed by atoms with Crippen LogP contribution in [0, 0.1) is 0 Å². The van der Waals surface area contributed by atoms with Gasteiger partial charge in [-0.15, -0.1) is 11.8 Å². The van der Waals surface area contributed by atoms with E-state index in [1.165, 1.54) is 0 Å². The van der Waals surface area contributed by atoms with Crippen LogP contribution in [-0.2, 0) is 19.1 Å². The molecule has 0 amide bonds. The second-order valence-electron chi connectivity index (χ2n) is 8.71. The van der Waals surface area contributed by atoms with Crippen LogP contribution in [0.4, 0.5) is 0 Å². The minimum Gasteiger partial charge on any atom is -0.468 e. The molecule has 1 atom stereocenters. The van der Waals surface area contributed by atoms with E-state index in [1.807, 2.05) is 64.3 Å². The third-order valence-electron chi connectivity index (χ3n) is 5.71. The fourth-order valence-corrected chi connectivity index (χ4v) is 4.13. The summed E-state index contributed by atoms with van der Waals surface area (Å²) in [4.78, 5) is 31.6. The van der Waals surface area contributed by atoms with Crippen molar-refractivity contribution in [2.75, 3.05) is 19.4 Å². The summed E-state index contributed by atoms with van der Waals surface area (Å²) in [6, 6.07) is 8.88. The summed E-state index contributed by atoms with van der Waals surface area (Å²) in [5, 5.41) is 5.26. The smallest absolute Gasteiger partial charge is 0.293 e. The van der Waals surface area contributed by atoms with E-state index in [1.54, 1.807) is 25.6 Å². The van der Waals surface area contributed by atoms with Crippen molar-refractivity contribution in [1.82, 2.24) is 5.32 Å². The quantitative estimate of drug-likeness (QED) is 0.224. The minimum absolute atomic E-state index is 0.118. The van der Waals surface area contributed by atoms with Crippen LogP contribution in [0.15, 0.2) is 95.5 Å². The van der Waals surface area contributed by atoms with Gasteiger partial charge in [0.2, 0.25) is 0 Å². The zero-order valence-corrected chi connectivity index (χ0v) is 26.5. The Bertz CT molecular complexity index is 1140. The number of thioether (sulfide) groups is 1. The number of allylic oxidation sites excluding steroid dienone is 11. The number of aldehydes is 1. The lowest BCUT2D eigenvalue weighted by atomic mass is 9.99. The average molecular weight is 578 g/mol. The molecule has 0 fully saturated rings. The SMILES string of the molecule is C/C=C\C=C/CC(C)NC.CC.CC(=O)C1=CC=C(c2ccc(C3=CSCC(C=O)=C3)cc2)C=CC1.CCOC=O. The molecule has 1 N–H and O–H groups in total. The molecule has 0 saturated carbocycles. The molecule has 222 valence electrons. The van der Waals surface area contributed by atoms with Gasteiger partial charge in [0, 0.05) is 17.4 Å².